The van der Waals surface area contributed by atoms with Crippen LogP contribution >= 0.6 is 0 Å². The number of anilines is 2. The molecule has 0 aliphatic heterocycles. The Labute approximate surface area is 364 Å². The Hall–Kier alpha value is -8.78. The Kier molecular flexibility index (Phi) is 11.6. The van der Waals surface area contributed by atoms with Gasteiger partial charge in [0.1, 0.15) is 24.7 Å². The van der Waals surface area contributed by atoms with Crippen molar-refractivity contribution in [2.24, 2.45) is 0 Å². The maximum atomic E-state index is 13.7. The number of hydrogen-bond donors (Lipinski definition) is 4. The summed E-state index contributed by atoms with van der Waals surface area (Å²) in [5.41, 5.74) is 4.55. The lowest BCUT2D eigenvalue weighted by Gasteiger charge is -2.11. The SMILES string of the molecule is Cc1c(NC(=O)c2cccc(OCCOc3cccc(C(=O)Nc4c(C)c(C(=O)c5cccc(C(=O)O)c5)n5ccccc45)c3)c2)c2ccccn2c1C(=O)c1cccc(C(=O)O)c1. The van der Waals surface area contributed by atoms with Crippen LogP contribution in [-0.4, -0.2) is 67.5 Å². The average Bonchev–Trinajstić information content (AvgIpc) is 3.75. The second-order valence-electron chi connectivity index (χ2n) is 14.7. The van der Waals surface area contributed by atoms with E-state index in [9.17, 15) is 39.0 Å². The summed E-state index contributed by atoms with van der Waals surface area (Å²) in [5, 5.41) is 24.8. The standard InChI is InChI=1S/C50H38N4O10/c1-29-41(39-19-3-5-21-53(39)43(29)45(55)31-11-7-15-35(25-31)49(59)60)51-47(57)33-13-9-17-37(27-33)63-23-24-64-38-18-10-14-34(28-38)48(58)52-42-30(2)44(54-22-6-4-20-40(42)54)46(56)32-12-8-16-36(26-32)50(61)62/h3-22,25-28H,23-24H2,1-2H3,(H,51,57)(H,52,58)(H,59,60)(H,61,62). The number of nitrogens with zero attached hydrogens (tertiary/aromatic N) is 2. The lowest BCUT2D eigenvalue weighted by molar-refractivity contribution is 0.0686. The van der Waals surface area contributed by atoms with Gasteiger partial charge >= 0.3 is 11.9 Å². The van der Waals surface area contributed by atoms with Crippen molar-refractivity contribution in [2.45, 2.75) is 13.8 Å². The second-order valence-corrected chi connectivity index (χ2v) is 14.7. The van der Waals surface area contributed by atoms with Crippen molar-refractivity contribution >= 4 is 57.7 Å². The minimum absolute atomic E-state index is 0.0167. The average molecular weight is 855 g/mol. The van der Waals surface area contributed by atoms with Gasteiger partial charge in [-0.05, 0) is 98.8 Å². The molecule has 318 valence electrons. The number of ketones is 2. The Bertz CT molecular complexity index is 2990. The van der Waals surface area contributed by atoms with Gasteiger partial charge < -0.3 is 39.1 Å². The first-order chi connectivity index (χ1) is 30.9. The van der Waals surface area contributed by atoms with Gasteiger partial charge in [0.25, 0.3) is 11.8 Å². The first kappa shape index (κ1) is 41.9. The highest BCUT2D eigenvalue weighted by Gasteiger charge is 2.26. The van der Waals surface area contributed by atoms with E-state index in [1.54, 1.807) is 132 Å². The number of pyridine rings is 2. The highest BCUT2D eigenvalue weighted by Crippen LogP contribution is 2.33. The van der Waals surface area contributed by atoms with Crippen LogP contribution in [0.15, 0.2) is 146 Å². The van der Waals surface area contributed by atoms with Gasteiger partial charge in [0, 0.05) is 45.8 Å². The highest BCUT2D eigenvalue weighted by atomic mass is 16.5. The zero-order chi connectivity index (χ0) is 45.1. The summed E-state index contributed by atoms with van der Waals surface area (Å²) < 4.78 is 15.2. The van der Waals surface area contributed by atoms with Crippen LogP contribution in [0.3, 0.4) is 0 Å². The fourth-order valence-electron chi connectivity index (χ4n) is 7.55. The van der Waals surface area contributed by atoms with Gasteiger partial charge in [-0.3, -0.25) is 19.2 Å². The molecule has 0 aliphatic carbocycles. The summed E-state index contributed by atoms with van der Waals surface area (Å²) in [7, 11) is 0. The fraction of sp³-hybridized carbons (Fsp3) is 0.0800. The largest absolute Gasteiger partial charge is 0.490 e. The number of hydrogen-bond acceptors (Lipinski definition) is 8. The van der Waals surface area contributed by atoms with Crippen LogP contribution in [0.25, 0.3) is 11.0 Å². The molecular weight excluding hydrogens is 817 g/mol. The summed E-state index contributed by atoms with van der Waals surface area (Å²) in [6, 6.07) is 35.4. The van der Waals surface area contributed by atoms with Crippen molar-refractivity contribution in [1.82, 2.24) is 8.80 Å². The number of aromatic carboxylic acids is 2. The maximum absolute atomic E-state index is 13.7. The minimum atomic E-state index is -1.15. The molecule has 0 aliphatic rings. The zero-order valence-corrected chi connectivity index (χ0v) is 34.3. The van der Waals surface area contributed by atoms with E-state index in [-0.39, 0.29) is 46.9 Å². The second kappa shape index (κ2) is 17.7. The van der Waals surface area contributed by atoms with E-state index in [0.717, 1.165) is 0 Å². The van der Waals surface area contributed by atoms with E-state index < -0.39 is 35.3 Å². The third-order valence-electron chi connectivity index (χ3n) is 10.6. The van der Waals surface area contributed by atoms with Crippen molar-refractivity contribution in [1.29, 1.82) is 0 Å². The lowest BCUT2D eigenvalue weighted by Crippen LogP contribution is -2.14. The van der Waals surface area contributed by atoms with E-state index in [0.29, 0.717) is 56.2 Å². The molecule has 0 saturated heterocycles. The van der Waals surface area contributed by atoms with E-state index in [1.165, 1.54) is 36.4 Å². The molecule has 0 unspecified atom stereocenters. The molecule has 0 spiro atoms. The predicted octanol–water partition coefficient (Wildman–Crippen LogP) is 8.63. The van der Waals surface area contributed by atoms with Gasteiger partial charge in [0.05, 0.1) is 44.9 Å². The van der Waals surface area contributed by atoms with Crippen LogP contribution in [0.2, 0.25) is 0 Å². The molecule has 4 aromatic carbocycles. The maximum Gasteiger partial charge on any atom is 0.335 e. The summed E-state index contributed by atoms with van der Waals surface area (Å²) >= 11 is 0. The van der Waals surface area contributed by atoms with Crippen LogP contribution < -0.4 is 20.1 Å². The third-order valence-corrected chi connectivity index (χ3v) is 10.6. The van der Waals surface area contributed by atoms with Gasteiger partial charge in [-0.15, -0.1) is 0 Å². The Morgan fingerprint density at radius 3 is 1.25 bits per heavy atom. The molecule has 0 radical (unpaired) electrons. The summed E-state index contributed by atoms with van der Waals surface area (Å²) in [4.78, 5) is 77.9. The predicted molar refractivity (Wildman–Crippen MR) is 238 cm³/mol. The molecule has 8 rings (SSSR count). The molecule has 8 aromatic rings. The van der Waals surface area contributed by atoms with E-state index in [4.69, 9.17) is 9.47 Å². The smallest absolute Gasteiger partial charge is 0.335 e. The Balaban J connectivity index is 0.911. The third kappa shape index (κ3) is 8.30. The quantitative estimate of drug-likeness (QED) is 0.0573. The molecule has 2 amide bonds. The number of rotatable bonds is 15. The minimum Gasteiger partial charge on any atom is -0.490 e. The molecule has 0 bridgehead atoms. The van der Waals surface area contributed by atoms with Gasteiger partial charge in [-0.25, -0.2) is 9.59 Å². The van der Waals surface area contributed by atoms with Crippen LogP contribution in [-0.2, 0) is 0 Å². The van der Waals surface area contributed by atoms with E-state index in [2.05, 4.69) is 10.6 Å². The number of fused-ring (bicyclic) bond motifs is 2. The van der Waals surface area contributed by atoms with Gasteiger partial charge in [0.2, 0.25) is 11.6 Å². The molecule has 4 aromatic heterocycles. The Morgan fingerprint density at radius 2 is 0.844 bits per heavy atom. The molecule has 64 heavy (non-hydrogen) atoms. The van der Waals surface area contributed by atoms with E-state index in [1.807, 2.05) is 0 Å². The van der Waals surface area contributed by atoms with Crippen LogP contribution in [0.4, 0.5) is 11.4 Å². The van der Waals surface area contributed by atoms with Gasteiger partial charge in [-0.2, -0.15) is 0 Å². The molecule has 0 atom stereocenters. The summed E-state index contributed by atoms with van der Waals surface area (Å²) in [6.07, 6.45) is 3.41. The molecule has 0 fully saturated rings. The number of carboxylic acids is 2. The normalized spacial score (nSPS) is 11.0. The lowest BCUT2D eigenvalue weighted by atomic mass is 10.0. The number of carbonyl (C=O) groups is 6. The summed E-state index contributed by atoms with van der Waals surface area (Å²) in [6.45, 7) is 3.64. The number of benzene rings is 4. The zero-order valence-electron chi connectivity index (χ0n) is 34.3. The molecule has 0 saturated carbocycles. The monoisotopic (exact) mass is 854 g/mol. The van der Waals surface area contributed by atoms with Crippen molar-refractivity contribution in [3.8, 4) is 11.5 Å². The highest BCUT2D eigenvalue weighted by molar-refractivity contribution is 6.16. The van der Waals surface area contributed by atoms with Crippen LogP contribution in [0, 0.1) is 13.8 Å². The summed E-state index contributed by atoms with van der Waals surface area (Å²) in [5.74, 6) is -3.18. The van der Waals surface area contributed by atoms with Crippen molar-refractivity contribution in [3.05, 3.63) is 202 Å². The first-order valence-corrected chi connectivity index (χ1v) is 19.9. The fourth-order valence-corrected chi connectivity index (χ4v) is 7.55. The number of nitrogens with one attached hydrogen (secondary N) is 2. The van der Waals surface area contributed by atoms with Crippen LogP contribution in [0.1, 0.15) is 84.7 Å². The molecule has 14 nitrogen and oxygen atoms in total. The number of carbonyl (C=O) groups excluding carboxylic acids is 4. The first-order valence-electron chi connectivity index (χ1n) is 19.9. The number of carboxylic acid groups (broad SMARTS) is 2. The topological polar surface area (TPSA) is 194 Å². The van der Waals surface area contributed by atoms with Crippen molar-refractivity contribution < 1.29 is 48.5 Å². The number of ether oxygens (including phenoxy) is 2. The van der Waals surface area contributed by atoms with Crippen molar-refractivity contribution in [2.75, 3.05) is 23.8 Å². The Morgan fingerprint density at radius 1 is 0.469 bits per heavy atom. The van der Waals surface area contributed by atoms with Gasteiger partial charge in [0.15, 0.2) is 0 Å². The van der Waals surface area contributed by atoms with Crippen molar-refractivity contribution in [3.63, 3.8) is 0 Å². The molecule has 14 heteroatoms. The number of amides is 2. The molecular formula is C50H38N4O10. The van der Waals surface area contributed by atoms with Crippen LogP contribution in [0.5, 0.6) is 11.5 Å². The molecule has 4 heterocycles. The van der Waals surface area contributed by atoms with Gasteiger partial charge in [-0.1, -0.05) is 48.5 Å². The molecule has 4 N–H and O–H groups in total. The van der Waals surface area contributed by atoms with E-state index >= 15 is 0 Å². The number of aromatic nitrogens is 2.